The van der Waals surface area contributed by atoms with Gasteiger partial charge in [0.15, 0.2) is 0 Å². The molecule has 2 aromatic rings. The van der Waals surface area contributed by atoms with E-state index in [2.05, 4.69) is 9.97 Å². The van der Waals surface area contributed by atoms with Crippen molar-refractivity contribution in [1.82, 2.24) is 14.5 Å². The fraction of sp³-hybridized carbons (Fsp3) is 0.182. The lowest BCUT2D eigenvalue weighted by Crippen LogP contribution is -2.02. The molecule has 2 heterocycles. The van der Waals surface area contributed by atoms with Crippen molar-refractivity contribution < 1.29 is 9.90 Å². The molecule has 1 N–H and O–H groups in total. The molecule has 0 atom stereocenters. The molecule has 0 bridgehead atoms. The number of pyridine rings is 1. The lowest BCUT2D eigenvalue weighted by Gasteiger charge is -2.04. The molecule has 82 valence electrons. The van der Waals surface area contributed by atoms with Crippen LogP contribution in [0, 0.1) is 13.8 Å². The van der Waals surface area contributed by atoms with E-state index in [4.69, 9.17) is 5.11 Å². The van der Waals surface area contributed by atoms with Gasteiger partial charge in [0.1, 0.15) is 12.1 Å². The molecule has 0 aromatic carbocycles. The van der Waals surface area contributed by atoms with E-state index in [1.807, 2.05) is 18.4 Å². The SMILES string of the molecule is Cc1ncn(-c2ccc(C(=O)O)cn2)c1C. The topological polar surface area (TPSA) is 68.0 Å². The predicted octanol–water partition coefficient (Wildman–Crippen LogP) is 1.58. The highest BCUT2D eigenvalue weighted by Crippen LogP contribution is 2.11. The van der Waals surface area contributed by atoms with Crippen molar-refractivity contribution in [3.8, 4) is 5.82 Å². The van der Waals surface area contributed by atoms with Crippen LogP contribution in [-0.4, -0.2) is 25.6 Å². The second kappa shape index (κ2) is 3.77. The maximum atomic E-state index is 10.7. The minimum Gasteiger partial charge on any atom is -0.478 e. The summed E-state index contributed by atoms with van der Waals surface area (Å²) in [6, 6.07) is 3.19. The Bertz CT molecular complexity index is 529. The summed E-state index contributed by atoms with van der Waals surface area (Å²) in [5.74, 6) is -0.305. The van der Waals surface area contributed by atoms with Crippen LogP contribution >= 0.6 is 0 Å². The van der Waals surface area contributed by atoms with Crippen LogP contribution in [0.1, 0.15) is 21.7 Å². The van der Waals surface area contributed by atoms with Gasteiger partial charge in [-0.05, 0) is 26.0 Å². The van der Waals surface area contributed by atoms with E-state index in [1.165, 1.54) is 12.3 Å². The number of rotatable bonds is 2. The Balaban J connectivity index is 2.42. The van der Waals surface area contributed by atoms with Gasteiger partial charge in [0, 0.05) is 11.9 Å². The van der Waals surface area contributed by atoms with Gasteiger partial charge in [-0.3, -0.25) is 4.57 Å². The monoisotopic (exact) mass is 217 g/mol. The first-order valence-electron chi connectivity index (χ1n) is 4.80. The maximum Gasteiger partial charge on any atom is 0.337 e. The average Bonchev–Trinajstić information content (AvgIpc) is 2.60. The van der Waals surface area contributed by atoms with Crippen LogP contribution in [0.5, 0.6) is 0 Å². The van der Waals surface area contributed by atoms with Crippen molar-refractivity contribution in [3.63, 3.8) is 0 Å². The minimum atomic E-state index is -0.974. The average molecular weight is 217 g/mol. The summed E-state index contributed by atoms with van der Waals surface area (Å²) >= 11 is 0. The summed E-state index contributed by atoms with van der Waals surface area (Å²) in [4.78, 5) is 18.9. The molecule has 0 aliphatic carbocycles. The molecule has 0 spiro atoms. The number of aromatic carboxylic acids is 1. The molecule has 0 aliphatic heterocycles. The van der Waals surface area contributed by atoms with Crippen LogP contribution in [0.2, 0.25) is 0 Å². The lowest BCUT2D eigenvalue weighted by atomic mass is 10.3. The number of imidazole rings is 1. The van der Waals surface area contributed by atoms with Crippen molar-refractivity contribution in [3.05, 3.63) is 41.6 Å². The lowest BCUT2D eigenvalue weighted by molar-refractivity contribution is 0.0696. The van der Waals surface area contributed by atoms with Gasteiger partial charge in [0.2, 0.25) is 0 Å². The Kier molecular flexibility index (Phi) is 2.44. The number of hydrogen-bond acceptors (Lipinski definition) is 3. The molecular formula is C11H11N3O2. The molecular weight excluding hydrogens is 206 g/mol. The quantitative estimate of drug-likeness (QED) is 0.829. The minimum absolute atomic E-state index is 0.179. The first-order chi connectivity index (χ1) is 7.59. The molecule has 0 saturated carbocycles. The molecule has 2 aromatic heterocycles. The van der Waals surface area contributed by atoms with E-state index in [-0.39, 0.29) is 5.56 Å². The smallest absolute Gasteiger partial charge is 0.337 e. The third-order valence-electron chi connectivity index (χ3n) is 2.49. The summed E-state index contributed by atoms with van der Waals surface area (Å²) < 4.78 is 1.82. The van der Waals surface area contributed by atoms with E-state index in [0.29, 0.717) is 5.82 Å². The summed E-state index contributed by atoms with van der Waals surface area (Å²) in [5.41, 5.74) is 2.11. The van der Waals surface area contributed by atoms with Gasteiger partial charge in [-0.2, -0.15) is 0 Å². The van der Waals surface area contributed by atoms with Gasteiger partial charge in [-0.15, -0.1) is 0 Å². The zero-order valence-electron chi connectivity index (χ0n) is 9.01. The summed E-state index contributed by atoms with van der Waals surface area (Å²) in [7, 11) is 0. The van der Waals surface area contributed by atoms with Crippen LogP contribution in [0.4, 0.5) is 0 Å². The largest absolute Gasteiger partial charge is 0.478 e. The highest BCUT2D eigenvalue weighted by Gasteiger charge is 2.07. The zero-order valence-corrected chi connectivity index (χ0v) is 9.01. The molecule has 2 rings (SSSR count). The second-order valence-corrected chi connectivity index (χ2v) is 3.50. The molecule has 0 amide bonds. The zero-order chi connectivity index (χ0) is 11.7. The van der Waals surface area contributed by atoms with E-state index in [0.717, 1.165) is 11.4 Å². The second-order valence-electron chi connectivity index (χ2n) is 3.50. The van der Waals surface area contributed by atoms with Crippen LogP contribution in [0.25, 0.3) is 5.82 Å². The van der Waals surface area contributed by atoms with Crippen molar-refractivity contribution in [2.24, 2.45) is 0 Å². The number of carbonyl (C=O) groups is 1. The van der Waals surface area contributed by atoms with Crippen LogP contribution in [0.3, 0.4) is 0 Å². The molecule has 0 unspecified atom stereocenters. The van der Waals surface area contributed by atoms with E-state index in [1.54, 1.807) is 12.4 Å². The number of nitrogens with zero attached hydrogens (tertiary/aromatic N) is 3. The molecule has 0 aliphatic rings. The highest BCUT2D eigenvalue weighted by molar-refractivity contribution is 5.87. The molecule has 5 heteroatoms. The predicted molar refractivity (Wildman–Crippen MR) is 57.8 cm³/mol. The van der Waals surface area contributed by atoms with Crippen molar-refractivity contribution in [2.45, 2.75) is 13.8 Å². The fourth-order valence-electron chi connectivity index (χ4n) is 1.38. The number of aromatic nitrogens is 3. The Morgan fingerprint density at radius 1 is 1.31 bits per heavy atom. The van der Waals surface area contributed by atoms with Crippen LogP contribution in [-0.2, 0) is 0 Å². The Hall–Kier alpha value is -2.17. The molecule has 16 heavy (non-hydrogen) atoms. The van der Waals surface area contributed by atoms with Gasteiger partial charge in [0.05, 0.1) is 11.3 Å². The maximum absolute atomic E-state index is 10.7. The van der Waals surface area contributed by atoms with E-state index >= 15 is 0 Å². The molecule has 0 saturated heterocycles. The van der Waals surface area contributed by atoms with Gasteiger partial charge >= 0.3 is 5.97 Å². The van der Waals surface area contributed by atoms with Crippen molar-refractivity contribution in [2.75, 3.05) is 0 Å². The third-order valence-corrected chi connectivity index (χ3v) is 2.49. The fourth-order valence-corrected chi connectivity index (χ4v) is 1.38. The normalized spacial score (nSPS) is 10.4. The van der Waals surface area contributed by atoms with Crippen LogP contribution < -0.4 is 0 Å². The number of hydrogen-bond donors (Lipinski definition) is 1. The van der Waals surface area contributed by atoms with Gasteiger partial charge in [0.25, 0.3) is 0 Å². The van der Waals surface area contributed by atoms with E-state index in [9.17, 15) is 4.79 Å². The summed E-state index contributed by atoms with van der Waals surface area (Å²) in [5, 5.41) is 8.75. The third kappa shape index (κ3) is 1.67. The molecule has 5 nitrogen and oxygen atoms in total. The molecule has 0 fully saturated rings. The first-order valence-corrected chi connectivity index (χ1v) is 4.80. The molecule has 0 radical (unpaired) electrons. The van der Waals surface area contributed by atoms with Crippen molar-refractivity contribution in [1.29, 1.82) is 0 Å². The van der Waals surface area contributed by atoms with Crippen LogP contribution in [0.15, 0.2) is 24.7 Å². The van der Waals surface area contributed by atoms with Gasteiger partial charge < -0.3 is 5.11 Å². The number of carboxylic acid groups (broad SMARTS) is 1. The Morgan fingerprint density at radius 2 is 2.06 bits per heavy atom. The van der Waals surface area contributed by atoms with Gasteiger partial charge in [-0.1, -0.05) is 0 Å². The Labute approximate surface area is 92.4 Å². The van der Waals surface area contributed by atoms with Crippen molar-refractivity contribution >= 4 is 5.97 Å². The number of carboxylic acids is 1. The standard InChI is InChI=1S/C11H11N3O2/c1-7-8(2)14(6-13-7)10-4-3-9(5-12-10)11(15)16/h3-6H,1-2H3,(H,15,16). The summed E-state index contributed by atoms with van der Waals surface area (Å²) in [6.45, 7) is 3.85. The summed E-state index contributed by atoms with van der Waals surface area (Å²) in [6.07, 6.45) is 3.01. The number of aryl methyl sites for hydroxylation is 1. The first kappa shape index (κ1) is 10.4. The highest BCUT2D eigenvalue weighted by atomic mass is 16.4. The van der Waals surface area contributed by atoms with Gasteiger partial charge in [-0.25, -0.2) is 14.8 Å². The Morgan fingerprint density at radius 3 is 2.50 bits per heavy atom. The van der Waals surface area contributed by atoms with E-state index < -0.39 is 5.97 Å².